The predicted molar refractivity (Wildman–Crippen MR) is 97.3 cm³/mol. The van der Waals surface area contributed by atoms with Crippen molar-refractivity contribution in [2.24, 2.45) is 0 Å². The Morgan fingerprint density at radius 2 is 1.58 bits per heavy atom. The van der Waals surface area contributed by atoms with E-state index in [1.807, 2.05) is 24.3 Å². The molecule has 128 valence electrons. The van der Waals surface area contributed by atoms with Gasteiger partial charge in [0.2, 0.25) is 0 Å². The molecule has 0 saturated heterocycles. The number of ether oxygens (including phenoxy) is 2. The van der Waals surface area contributed by atoms with E-state index in [2.05, 4.69) is 31.4 Å². The van der Waals surface area contributed by atoms with Crippen LogP contribution in [0.5, 0.6) is 11.5 Å². The molecule has 0 aliphatic heterocycles. The summed E-state index contributed by atoms with van der Waals surface area (Å²) in [6.07, 6.45) is 0. The Bertz CT molecular complexity index is 721. The summed E-state index contributed by atoms with van der Waals surface area (Å²) in [5.74, 6) is 1.20. The van der Waals surface area contributed by atoms with E-state index in [1.54, 1.807) is 32.4 Å². The molecule has 0 radical (unpaired) electrons. The highest BCUT2D eigenvalue weighted by Gasteiger charge is 2.19. The van der Waals surface area contributed by atoms with Gasteiger partial charge >= 0.3 is 6.03 Å². The molecular weight excluding hydrogens is 304 g/mol. The van der Waals surface area contributed by atoms with Crippen LogP contribution in [0.15, 0.2) is 42.5 Å². The first-order valence-corrected chi connectivity index (χ1v) is 7.74. The van der Waals surface area contributed by atoms with Gasteiger partial charge in [-0.3, -0.25) is 0 Å². The van der Waals surface area contributed by atoms with Crippen molar-refractivity contribution < 1.29 is 14.3 Å². The van der Waals surface area contributed by atoms with E-state index in [0.717, 1.165) is 11.3 Å². The van der Waals surface area contributed by atoms with Crippen molar-refractivity contribution in [1.29, 1.82) is 0 Å². The molecule has 2 aromatic rings. The summed E-state index contributed by atoms with van der Waals surface area (Å²) in [6, 6.07) is 12.7. The molecule has 2 N–H and O–H groups in total. The summed E-state index contributed by atoms with van der Waals surface area (Å²) in [5, 5.41) is 5.72. The molecule has 2 amide bonds. The lowest BCUT2D eigenvalue weighted by Gasteiger charge is -2.23. The van der Waals surface area contributed by atoms with Crippen LogP contribution in [0.2, 0.25) is 0 Å². The summed E-state index contributed by atoms with van der Waals surface area (Å²) < 4.78 is 10.5. The summed E-state index contributed by atoms with van der Waals surface area (Å²) in [6.45, 7) is 6.33. The molecular formula is C19H24N2O3. The third-order valence-electron chi connectivity index (χ3n) is 3.64. The van der Waals surface area contributed by atoms with E-state index < -0.39 is 0 Å². The number of carbonyl (C=O) groups excluding carboxylic acids is 1. The molecule has 0 aromatic heterocycles. The number of nitrogens with one attached hydrogen (secondary N) is 2. The van der Waals surface area contributed by atoms with Crippen molar-refractivity contribution in [2.45, 2.75) is 26.2 Å². The van der Waals surface area contributed by atoms with Crippen molar-refractivity contribution in [3.05, 3.63) is 48.0 Å². The summed E-state index contributed by atoms with van der Waals surface area (Å²) in [4.78, 5) is 12.4. The van der Waals surface area contributed by atoms with E-state index >= 15 is 0 Å². The smallest absolute Gasteiger partial charge is 0.323 e. The molecule has 0 saturated carbocycles. The molecule has 0 unspecified atom stereocenters. The number of para-hydroxylation sites is 1. The molecule has 2 rings (SSSR count). The zero-order valence-electron chi connectivity index (χ0n) is 14.8. The maximum absolute atomic E-state index is 12.4. The van der Waals surface area contributed by atoms with E-state index in [0.29, 0.717) is 17.2 Å². The molecule has 5 heteroatoms. The van der Waals surface area contributed by atoms with Gasteiger partial charge in [-0.2, -0.15) is 0 Å². The Labute approximate surface area is 143 Å². The second-order valence-corrected chi connectivity index (χ2v) is 6.44. The Morgan fingerprint density at radius 3 is 2.21 bits per heavy atom. The SMILES string of the molecule is COc1ccc(NC(=O)Nc2ccccc2C(C)(C)C)c(OC)c1. The number of rotatable bonds is 4. The number of hydrogen-bond donors (Lipinski definition) is 2. The number of anilines is 2. The van der Waals surface area contributed by atoms with Crippen LogP contribution in [0, 0.1) is 0 Å². The van der Waals surface area contributed by atoms with Crippen LogP contribution in [-0.2, 0) is 5.41 Å². The summed E-state index contributed by atoms with van der Waals surface area (Å²) in [5.41, 5.74) is 2.36. The Balaban J connectivity index is 2.18. The van der Waals surface area contributed by atoms with E-state index in [4.69, 9.17) is 9.47 Å². The Morgan fingerprint density at radius 1 is 0.917 bits per heavy atom. The van der Waals surface area contributed by atoms with Crippen LogP contribution in [-0.4, -0.2) is 20.3 Å². The van der Waals surface area contributed by atoms with Gasteiger partial charge in [0.25, 0.3) is 0 Å². The van der Waals surface area contributed by atoms with Gasteiger partial charge in [-0.1, -0.05) is 39.0 Å². The van der Waals surface area contributed by atoms with Crippen LogP contribution in [0.3, 0.4) is 0 Å². The van der Waals surface area contributed by atoms with Gasteiger partial charge < -0.3 is 20.1 Å². The molecule has 0 aliphatic rings. The van der Waals surface area contributed by atoms with E-state index in [9.17, 15) is 4.79 Å². The third kappa shape index (κ3) is 4.19. The molecule has 0 spiro atoms. The van der Waals surface area contributed by atoms with Crippen molar-refractivity contribution in [3.8, 4) is 11.5 Å². The topological polar surface area (TPSA) is 59.6 Å². The fourth-order valence-corrected chi connectivity index (χ4v) is 2.42. The van der Waals surface area contributed by atoms with E-state index in [1.165, 1.54) is 0 Å². The van der Waals surface area contributed by atoms with Crippen LogP contribution in [0.1, 0.15) is 26.3 Å². The molecule has 0 heterocycles. The van der Waals surface area contributed by atoms with E-state index in [-0.39, 0.29) is 11.4 Å². The largest absolute Gasteiger partial charge is 0.497 e. The first kappa shape index (κ1) is 17.7. The number of methoxy groups -OCH3 is 2. The number of carbonyl (C=O) groups is 1. The molecule has 0 atom stereocenters. The van der Waals surface area contributed by atoms with Crippen molar-refractivity contribution >= 4 is 17.4 Å². The van der Waals surface area contributed by atoms with Crippen LogP contribution >= 0.6 is 0 Å². The Kier molecular flexibility index (Phi) is 5.34. The van der Waals surface area contributed by atoms with Gasteiger partial charge in [-0.05, 0) is 29.2 Å². The van der Waals surface area contributed by atoms with Crippen LogP contribution in [0.25, 0.3) is 0 Å². The number of hydrogen-bond acceptors (Lipinski definition) is 3. The lowest BCUT2D eigenvalue weighted by molar-refractivity contribution is 0.262. The quantitative estimate of drug-likeness (QED) is 0.859. The summed E-state index contributed by atoms with van der Waals surface area (Å²) in [7, 11) is 3.13. The third-order valence-corrected chi connectivity index (χ3v) is 3.64. The highest BCUT2D eigenvalue weighted by molar-refractivity contribution is 6.01. The minimum absolute atomic E-state index is 0.0678. The highest BCUT2D eigenvalue weighted by atomic mass is 16.5. The normalized spacial score (nSPS) is 10.9. The monoisotopic (exact) mass is 328 g/mol. The van der Waals surface area contributed by atoms with Gasteiger partial charge in [0, 0.05) is 11.8 Å². The average molecular weight is 328 g/mol. The van der Waals surface area contributed by atoms with Crippen LogP contribution in [0.4, 0.5) is 16.2 Å². The van der Waals surface area contributed by atoms with Gasteiger partial charge in [0.05, 0.1) is 19.9 Å². The molecule has 0 bridgehead atoms. The average Bonchev–Trinajstić information content (AvgIpc) is 2.54. The van der Waals surface area contributed by atoms with Gasteiger partial charge in [-0.25, -0.2) is 4.79 Å². The first-order chi connectivity index (χ1) is 11.3. The molecule has 2 aromatic carbocycles. The lowest BCUT2D eigenvalue weighted by Crippen LogP contribution is -2.23. The molecule has 0 aliphatic carbocycles. The lowest BCUT2D eigenvalue weighted by atomic mass is 9.86. The molecule has 0 fully saturated rings. The minimum Gasteiger partial charge on any atom is -0.497 e. The zero-order chi connectivity index (χ0) is 17.7. The van der Waals surface area contributed by atoms with Crippen molar-refractivity contribution in [2.75, 3.05) is 24.9 Å². The summed E-state index contributed by atoms with van der Waals surface area (Å²) >= 11 is 0. The fourth-order valence-electron chi connectivity index (χ4n) is 2.42. The van der Waals surface area contributed by atoms with Crippen molar-refractivity contribution in [3.63, 3.8) is 0 Å². The first-order valence-electron chi connectivity index (χ1n) is 7.74. The van der Waals surface area contributed by atoms with Gasteiger partial charge in [0.1, 0.15) is 11.5 Å². The second kappa shape index (κ2) is 7.25. The highest BCUT2D eigenvalue weighted by Crippen LogP contribution is 2.31. The Hall–Kier alpha value is -2.69. The number of urea groups is 1. The van der Waals surface area contributed by atoms with Gasteiger partial charge in [0.15, 0.2) is 0 Å². The van der Waals surface area contributed by atoms with Crippen molar-refractivity contribution in [1.82, 2.24) is 0 Å². The number of amides is 2. The zero-order valence-corrected chi connectivity index (χ0v) is 14.8. The fraction of sp³-hybridized carbons (Fsp3) is 0.316. The standard InChI is InChI=1S/C19H24N2O3/c1-19(2,3)14-8-6-7-9-15(14)20-18(22)21-16-11-10-13(23-4)12-17(16)24-5/h6-12H,1-5H3,(H2,20,21,22). The van der Waals surface area contributed by atoms with Crippen LogP contribution < -0.4 is 20.1 Å². The molecule has 5 nitrogen and oxygen atoms in total. The number of benzene rings is 2. The maximum Gasteiger partial charge on any atom is 0.323 e. The molecule has 24 heavy (non-hydrogen) atoms. The maximum atomic E-state index is 12.4. The second-order valence-electron chi connectivity index (χ2n) is 6.44. The van der Waals surface area contributed by atoms with Gasteiger partial charge in [-0.15, -0.1) is 0 Å². The minimum atomic E-state index is -0.324. The predicted octanol–water partition coefficient (Wildman–Crippen LogP) is 4.65.